The number of nitrogens with one attached hydrogen (secondary N) is 1. The molecule has 2 heterocycles. The number of benzene rings is 2. The van der Waals surface area contributed by atoms with Gasteiger partial charge in [0.05, 0.1) is 18.3 Å². The van der Waals surface area contributed by atoms with Crippen LogP contribution in [0.15, 0.2) is 42.5 Å². The molecule has 0 bridgehead atoms. The minimum Gasteiger partial charge on any atom is -0.493 e. The van der Waals surface area contributed by atoms with Gasteiger partial charge in [0.2, 0.25) is 0 Å². The summed E-state index contributed by atoms with van der Waals surface area (Å²) in [5, 5.41) is 2.89. The molecule has 0 radical (unpaired) electrons. The van der Waals surface area contributed by atoms with Gasteiger partial charge in [0.15, 0.2) is 0 Å². The number of carbonyl (C=O) groups excluding carboxylic acids is 2. The first-order valence-corrected chi connectivity index (χ1v) is 10.7. The SMILES string of the molecule is CC(C)Oc1ccc(C(=O)Nc2ccc3c(c2)C(=O)N2CCCCC2CCO3)cc1. The zero-order chi connectivity index (χ0) is 21.1. The van der Waals surface area contributed by atoms with Gasteiger partial charge in [-0.25, -0.2) is 0 Å². The third kappa shape index (κ3) is 4.42. The highest BCUT2D eigenvalue weighted by Gasteiger charge is 2.31. The molecule has 1 fully saturated rings. The van der Waals surface area contributed by atoms with Gasteiger partial charge in [-0.1, -0.05) is 0 Å². The maximum atomic E-state index is 13.2. The molecule has 2 aliphatic rings. The fourth-order valence-corrected chi connectivity index (χ4v) is 4.09. The summed E-state index contributed by atoms with van der Waals surface area (Å²) in [6, 6.07) is 12.5. The predicted octanol–water partition coefficient (Wildman–Crippen LogP) is 4.50. The molecule has 1 atom stereocenters. The minimum atomic E-state index is -0.235. The van der Waals surface area contributed by atoms with Crippen molar-refractivity contribution >= 4 is 17.5 Å². The molecule has 6 heteroatoms. The Labute approximate surface area is 177 Å². The van der Waals surface area contributed by atoms with E-state index >= 15 is 0 Å². The second kappa shape index (κ2) is 8.78. The number of hydrogen-bond acceptors (Lipinski definition) is 4. The van der Waals surface area contributed by atoms with E-state index in [-0.39, 0.29) is 24.0 Å². The van der Waals surface area contributed by atoms with Gasteiger partial charge in [-0.3, -0.25) is 9.59 Å². The molecule has 1 unspecified atom stereocenters. The number of ether oxygens (including phenoxy) is 2. The maximum Gasteiger partial charge on any atom is 0.257 e. The van der Waals surface area contributed by atoms with Crippen molar-refractivity contribution in [3.63, 3.8) is 0 Å². The normalized spacial score (nSPS) is 18.6. The number of anilines is 1. The average Bonchev–Trinajstić information content (AvgIpc) is 2.73. The summed E-state index contributed by atoms with van der Waals surface area (Å²) >= 11 is 0. The number of fused-ring (bicyclic) bond motifs is 2. The topological polar surface area (TPSA) is 67.9 Å². The quantitative estimate of drug-likeness (QED) is 0.809. The predicted molar refractivity (Wildman–Crippen MR) is 115 cm³/mol. The van der Waals surface area contributed by atoms with E-state index in [9.17, 15) is 9.59 Å². The first-order chi connectivity index (χ1) is 14.5. The van der Waals surface area contributed by atoms with Crippen LogP contribution < -0.4 is 14.8 Å². The van der Waals surface area contributed by atoms with E-state index < -0.39 is 0 Å². The monoisotopic (exact) mass is 408 g/mol. The summed E-state index contributed by atoms with van der Waals surface area (Å²) in [7, 11) is 0. The van der Waals surface area contributed by atoms with Crippen molar-refractivity contribution < 1.29 is 19.1 Å². The third-order valence-electron chi connectivity index (χ3n) is 5.55. The molecule has 2 aromatic rings. The van der Waals surface area contributed by atoms with Gasteiger partial charge in [0.25, 0.3) is 11.8 Å². The van der Waals surface area contributed by atoms with Gasteiger partial charge in [-0.15, -0.1) is 0 Å². The van der Waals surface area contributed by atoms with Gasteiger partial charge < -0.3 is 19.7 Å². The largest absolute Gasteiger partial charge is 0.493 e. The van der Waals surface area contributed by atoms with Crippen molar-refractivity contribution in [3.8, 4) is 11.5 Å². The van der Waals surface area contributed by atoms with Gasteiger partial charge in [0.1, 0.15) is 11.5 Å². The molecular weight excluding hydrogens is 380 g/mol. The number of piperidine rings is 1. The van der Waals surface area contributed by atoms with Crippen LogP contribution in [-0.4, -0.2) is 42.0 Å². The Hall–Kier alpha value is -3.02. The van der Waals surface area contributed by atoms with Gasteiger partial charge in [-0.2, -0.15) is 0 Å². The Bertz CT molecular complexity index is 923. The molecule has 0 aliphatic carbocycles. The lowest BCUT2D eigenvalue weighted by molar-refractivity contribution is 0.0548. The van der Waals surface area contributed by atoms with E-state index in [0.717, 1.165) is 38.0 Å². The van der Waals surface area contributed by atoms with E-state index in [1.807, 2.05) is 18.7 Å². The van der Waals surface area contributed by atoms with E-state index in [2.05, 4.69) is 5.32 Å². The summed E-state index contributed by atoms with van der Waals surface area (Å²) in [6.45, 7) is 5.29. The van der Waals surface area contributed by atoms with Crippen molar-refractivity contribution in [1.29, 1.82) is 0 Å². The summed E-state index contributed by atoms with van der Waals surface area (Å²) in [4.78, 5) is 27.8. The molecule has 1 N–H and O–H groups in total. The fraction of sp³-hybridized carbons (Fsp3) is 0.417. The van der Waals surface area contributed by atoms with Crippen LogP contribution in [-0.2, 0) is 0 Å². The van der Waals surface area contributed by atoms with Crippen LogP contribution >= 0.6 is 0 Å². The van der Waals surface area contributed by atoms with Crippen LogP contribution in [0.3, 0.4) is 0 Å². The molecule has 0 aromatic heterocycles. The second-order valence-corrected chi connectivity index (χ2v) is 8.14. The molecular formula is C24H28N2O4. The first kappa shape index (κ1) is 20.3. The molecule has 6 nitrogen and oxygen atoms in total. The smallest absolute Gasteiger partial charge is 0.257 e. The highest BCUT2D eigenvalue weighted by atomic mass is 16.5. The first-order valence-electron chi connectivity index (χ1n) is 10.7. The molecule has 30 heavy (non-hydrogen) atoms. The Morgan fingerprint density at radius 2 is 1.93 bits per heavy atom. The van der Waals surface area contributed by atoms with Crippen LogP contribution in [0.4, 0.5) is 5.69 Å². The molecule has 2 aliphatic heterocycles. The van der Waals surface area contributed by atoms with Crippen molar-refractivity contribution in [3.05, 3.63) is 53.6 Å². The second-order valence-electron chi connectivity index (χ2n) is 8.14. The van der Waals surface area contributed by atoms with Crippen molar-refractivity contribution in [2.75, 3.05) is 18.5 Å². The Morgan fingerprint density at radius 1 is 1.13 bits per heavy atom. The lowest BCUT2D eigenvalue weighted by Gasteiger charge is -2.37. The number of nitrogens with zero attached hydrogens (tertiary/aromatic N) is 1. The molecule has 158 valence electrons. The van der Waals surface area contributed by atoms with Crippen molar-refractivity contribution in [1.82, 2.24) is 4.90 Å². The molecule has 2 amide bonds. The number of carbonyl (C=O) groups is 2. The van der Waals surface area contributed by atoms with E-state index in [4.69, 9.17) is 9.47 Å². The summed E-state index contributed by atoms with van der Waals surface area (Å²) < 4.78 is 11.5. The molecule has 2 aromatic carbocycles. The molecule has 4 rings (SSSR count). The van der Waals surface area contributed by atoms with E-state index in [0.29, 0.717) is 29.2 Å². The minimum absolute atomic E-state index is 0.0133. The molecule has 0 saturated carbocycles. The molecule has 0 spiro atoms. The Morgan fingerprint density at radius 3 is 2.70 bits per heavy atom. The standard InChI is InChI=1S/C24H28N2O4/c1-16(2)30-20-9-6-17(7-10-20)23(27)25-18-8-11-22-21(15-18)24(28)26-13-4-3-5-19(26)12-14-29-22/h6-11,15-16,19H,3-5,12-14H2,1-2H3,(H,25,27). The fourth-order valence-electron chi connectivity index (χ4n) is 4.09. The Kier molecular flexibility index (Phi) is 5.93. The van der Waals surface area contributed by atoms with E-state index in [1.165, 1.54) is 0 Å². The van der Waals surface area contributed by atoms with Gasteiger partial charge >= 0.3 is 0 Å². The Balaban J connectivity index is 1.52. The highest BCUT2D eigenvalue weighted by Crippen LogP contribution is 2.31. The average molecular weight is 408 g/mol. The summed E-state index contributed by atoms with van der Waals surface area (Å²) in [5.41, 5.74) is 1.61. The number of hydrogen-bond donors (Lipinski definition) is 1. The van der Waals surface area contributed by atoms with Crippen LogP contribution in [0, 0.1) is 0 Å². The third-order valence-corrected chi connectivity index (χ3v) is 5.55. The number of amides is 2. The van der Waals surface area contributed by atoms with Crippen molar-refractivity contribution in [2.45, 2.75) is 51.7 Å². The lowest BCUT2D eigenvalue weighted by atomic mass is 9.97. The van der Waals surface area contributed by atoms with Crippen LogP contribution in [0.1, 0.15) is 60.2 Å². The van der Waals surface area contributed by atoms with Gasteiger partial charge in [-0.05, 0) is 75.6 Å². The maximum absolute atomic E-state index is 13.2. The zero-order valence-electron chi connectivity index (χ0n) is 17.5. The van der Waals surface area contributed by atoms with E-state index in [1.54, 1.807) is 42.5 Å². The van der Waals surface area contributed by atoms with Gasteiger partial charge in [0, 0.05) is 30.3 Å². The highest BCUT2D eigenvalue weighted by molar-refractivity contribution is 6.05. The summed E-state index contributed by atoms with van der Waals surface area (Å²) in [5.74, 6) is 1.06. The van der Waals surface area contributed by atoms with Crippen LogP contribution in [0.5, 0.6) is 11.5 Å². The van der Waals surface area contributed by atoms with Crippen LogP contribution in [0.2, 0.25) is 0 Å². The zero-order valence-corrected chi connectivity index (χ0v) is 17.5. The number of rotatable bonds is 4. The lowest BCUT2D eigenvalue weighted by Crippen LogP contribution is -2.45. The van der Waals surface area contributed by atoms with Crippen LogP contribution in [0.25, 0.3) is 0 Å². The van der Waals surface area contributed by atoms with Crippen molar-refractivity contribution in [2.24, 2.45) is 0 Å². The summed E-state index contributed by atoms with van der Waals surface area (Å²) in [6.07, 6.45) is 4.15. The molecule has 1 saturated heterocycles.